The molecule has 0 aliphatic rings. The number of hydrogen-bond donors (Lipinski definition) is 1. The van der Waals surface area contributed by atoms with Crippen LogP contribution < -0.4 is 5.32 Å². The Hall–Kier alpha value is -0.870. The normalized spacial score (nSPS) is 12.4. The molecule has 1 aromatic rings. The van der Waals surface area contributed by atoms with Crippen LogP contribution >= 0.6 is 11.3 Å². The van der Waals surface area contributed by atoms with Crippen LogP contribution in [0.25, 0.3) is 0 Å². The smallest absolute Gasteiger partial charge is 0.307 e. The Bertz CT molecular complexity index is 336. The Morgan fingerprint density at radius 3 is 2.88 bits per heavy atom. The molecule has 1 rings (SSSR count). The minimum Gasteiger partial charge on any atom is -0.466 e. The molecule has 90 valence electrons. The van der Waals surface area contributed by atoms with Crippen LogP contribution in [0.5, 0.6) is 0 Å². The van der Waals surface area contributed by atoms with Crippen LogP contribution in [0.2, 0.25) is 0 Å². The third kappa shape index (κ3) is 4.77. The molecule has 1 atom stereocenters. The molecular formula is C12H19NO2S. The number of ether oxygens (including phenoxy) is 1. The summed E-state index contributed by atoms with van der Waals surface area (Å²) in [6.07, 6.45) is 0.429. The van der Waals surface area contributed by atoms with E-state index < -0.39 is 0 Å². The van der Waals surface area contributed by atoms with Crippen molar-refractivity contribution in [1.29, 1.82) is 0 Å². The maximum absolute atomic E-state index is 11.2. The van der Waals surface area contributed by atoms with E-state index in [0.717, 1.165) is 6.54 Å². The first-order valence-electron chi connectivity index (χ1n) is 5.56. The van der Waals surface area contributed by atoms with E-state index in [-0.39, 0.29) is 12.0 Å². The van der Waals surface area contributed by atoms with Crippen molar-refractivity contribution in [3.05, 3.63) is 21.9 Å². The largest absolute Gasteiger partial charge is 0.466 e. The molecule has 1 unspecified atom stereocenters. The van der Waals surface area contributed by atoms with Crippen molar-refractivity contribution in [2.45, 2.75) is 39.8 Å². The molecule has 0 spiro atoms. The average molecular weight is 241 g/mol. The van der Waals surface area contributed by atoms with Crippen LogP contribution in [0.15, 0.2) is 12.1 Å². The highest BCUT2D eigenvalue weighted by Crippen LogP contribution is 2.14. The van der Waals surface area contributed by atoms with Crippen molar-refractivity contribution in [3.8, 4) is 0 Å². The monoisotopic (exact) mass is 241 g/mol. The molecule has 3 nitrogen and oxygen atoms in total. The van der Waals surface area contributed by atoms with Crippen LogP contribution in [-0.2, 0) is 16.1 Å². The molecule has 1 heterocycles. The van der Waals surface area contributed by atoms with Gasteiger partial charge in [-0.1, -0.05) is 0 Å². The molecule has 1 N–H and O–H groups in total. The van der Waals surface area contributed by atoms with Crippen molar-refractivity contribution < 1.29 is 9.53 Å². The third-order valence-corrected chi connectivity index (χ3v) is 3.20. The molecule has 0 saturated carbocycles. The Morgan fingerprint density at radius 2 is 2.31 bits per heavy atom. The highest BCUT2D eigenvalue weighted by molar-refractivity contribution is 7.11. The van der Waals surface area contributed by atoms with E-state index in [1.807, 2.05) is 13.8 Å². The zero-order chi connectivity index (χ0) is 12.0. The van der Waals surface area contributed by atoms with Gasteiger partial charge in [0.05, 0.1) is 13.0 Å². The molecular weight excluding hydrogens is 222 g/mol. The van der Waals surface area contributed by atoms with E-state index in [1.54, 1.807) is 11.3 Å². The quantitative estimate of drug-likeness (QED) is 0.778. The lowest BCUT2D eigenvalue weighted by atomic mass is 10.2. The van der Waals surface area contributed by atoms with Crippen molar-refractivity contribution in [3.63, 3.8) is 0 Å². The van der Waals surface area contributed by atoms with Crippen LogP contribution in [0.1, 0.15) is 30.0 Å². The molecule has 4 heteroatoms. The Labute approximate surface area is 101 Å². The molecule has 16 heavy (non-hydrogen) atoms. The number of carbonyl (C=O) groups is 1. The molecule has 0 fully saturated rings. The maximum Gasteiger partial charge on any atom is 0.307 e. The zero-order valence-electron chi connectivity index (χ0n) is 10.1. The van der Waals surface area contributed by atoms with Gasteiger partial charge >= 0.3 is 5.97 Å². The summed E-state index contributed by atoms with van der Waals surface area (Å²) in [6, 6.07) is 4.38. The molecule has 0 saturated heterocycles. The highest BCUT2D eigenvalue weighted by atomic mass is 32.1. The molecule has 1 aromatic heterocycles. The second-order valence-corrected chi connectivity index (χ2v) is 5.18. The summed E-state index contributed by atoms with van der Waals surface area (Å²) in [5.74, 6) is -0.134. The number of nitrogens with one attached hydrogen (secondary N) is 1. The van der Waals surface area contributed by atoms with E-state index in [4.69, 9.17) is 4.74 Å². The van der Waals surface area contributed by atoms with Gasteiger partial charge in [-0.2, -0.15) is 0 Å². The van der Waals surface area contributed by atoms with E-state index in [2.05, 4.69) is 24.4 Å². The van der Waals surface area contributed by atoms with Gasteiger partial charge in [0.15, 0.2) is 0 Å². The highest BCUT2D eigenvalue weighted by Gasteiger charge is 2.09. The van der Waals surface area contributed by atoms with Gasteiger partial charge in [-0.15, -0.1) is 11.3 Å². The summed E-state index contributed by atoms with van der Waals surface area (Å²) < 4.78 is 4.89. The second kappa shape index (κ2) is 6.66. The first-order chi connectivity index (χ1) is 7.61. The van der Waals surface area contributed by atoms with Crippen LogP contribution in [0.4, 0.5) is 0 Å². The lowest BCUT2D eigenvalue weighted by molar-refractivity contribution is -0.143. The minimum absolute atomic E-state index is 0.134. The first kappa shape index (κ1) is 13.2. The number of carbonyl (C=O) groups excluding carboxylic acids is 1. The molecule has 0 bridgehead atoms. The van der Waals surface area contributed by atoms with Gasteiger partial charge < -0.3 is 10.1 Å². The van der Waals surface area contributed by atoms with E-state index >= 15 is 0 Å². The number of thiophene rings is 1. The van der Waals surface area contributed by atoms with Crippen molar-refractivity contribution in [1.82, 2.24) is 5.32 Å². The summed E-state index contributed by atoms with van der Waals surface area (Å²) >= 11 is 1.78. The Kier molecular flexibility index (Phi) is 5.49. The number of aryl methyl sites for hydroxylation is 1. The predicted octanol–water partition coefficient (Wildman–Crippen LogP) is 2.49. The third-order valence-electron chi connectivity index (χ3n) is 2.20. The summed E-state index contributed by atoms with van der Waals surface area (Å²) in [5.41, 5.74) is 0. The van der Waals surface area contributed by atoms with Gasteiger partial charge in [0.25, 0.3) is 0 Å². The first-order valence-corrected chi connectivity index (χ1v) is 6.37. The fourth-order valence-corrected chi connectivity index (χ4v) is 2.24. The Balaban J connectivity index is 2.24. The SMILES string of the molecule is CCOC(=O)CC(C)NCc1ccc(C)s1. The van der Waals surface area contributed by atoms with E-state index in [9.17, 15) is 4.79 Å². The summed E-state index contributed by atoms with van der Waals surface area (Å²) in [4.78, 5) is 13.8. The molecule has 0 aliphatic carbocycles. The second-order valence-electron chi connectivity index (χ2n) is 3.80. The van der Waals surface area contributed by atoms with Gasteiger partial charge in [0.2, 0.25) is 0 Å². The van der Waals surface area contributed by atoms with Crippen molar-refractivity contribution >= 4 is 17.3 Å². The van der Waals surface area contributed by atoms with Crippen LogP contribution in [-0.4, -0.2) is 18.6 Å². The Morgan fingerprint density at radius 1 is 1.56 bits per heavy atom. The molecule has 0 aliphatic heterocycles. The van der Waals surface area contributed by atoms with Crippen molar-refractivity contribution in [2.24, 2.45) is 0 Å². The molecule has 0 amide bonds. The van der Waals surface area contributed by atoms with Crippen LogP contribution in [0.3, 0.4) is 0 Å². The maximum atomic E-state index is 11.2. The van der Waals surface area contributed by atoms with E-state index in [0.29, 0.717) is 13.0 Å². The van der Waals surface area contributed by atoms with Gasteiger partial charge in [-0.05, 0) is 32.9 Å². The summed E-state index contributed by atoms with van der Waals surface area (Å²) in [5, 5.41) is 3.31. The number of hydrogen-bond acceptors (Lipinski definition) is 4. The van der Waals surface area contributed by atoms with Gasteiger partial charge in [-0.3, -0.25) is 4.79 Å². The molecule has 0 radical (unpaired) electrons. The topological polar surface area (TPSA) is 38.3 Å². The lowest BCUT2D eigenvalue weighted by Crippen LogP contribution is -2.28. The lowest BCUT2D eigenvalue weighted by Gasteiger charge is -2.11. The molecule has 0 aromatic carbocycles. The number of esters is 1. The van der Waals surface area contributed by atoms with E-state index in [1.165, 1.54) is 9.75 Å². The standard InChI is InChI=1S/C12H19NO2S/c1-4-15-12(14)7-9(2)13-8-11-6-5-10(3)16-11/h5-6,9,13H,4,7-8H2,1-3H3. The van der Waals surface area contributed by atoms with Gasteiger partial charge in [0, 0.05) is 22.3 Å². The van der Waals surface area contributed by atoms with Crippen molar-refractivity contribution in [2.75, 3.05) is 6.61 Å². The minimum atomic E-state index is -0.134. The fourth-order valence-electron chi connectivity index (χ4n) is 1.40. The van der Waals surface area contributed by atoms with Gasteiger partial charge in [0.1, 0.15) is 0 Å². The van der Waals surface area contributed by atoms with Gasteiger partial charge in [-0.25, -0.2) is 0 Å². The predicted molar refractivity (Wildman–Crippen MR) is 66.6 cm³/mol. The fraction of sp³-hybridized carbons (Fsp3) is 0.583. The number of rotatable bonds is 6. The average Bonchev–Trinajstić information content (AvgIpc) is 2.61. The summed E-state index contributed by atoms with van der Waals surface area (Å²) in [6.45, 7) is 7.19. The summed E-state index contributed by atoms with van der Waals surface area (Å²) in [7, 11) is 0. The zero-order valence-corrected chi connectivity index (χ0v) is 10.9. The van der Waals surface area contributed by atoms with Crippen LogP contribution in [0, 0.1) is 6.92 Å².